The number of nitrogens with zero attached hydrogens (tertiary/aromatic N) is 5. The van der Waals surface area contributed by atoms with Crippen LogP contribution in [-0.4, -0.2) is 43.6 Å². The Morgan fingerprint density at radius 1 is 0.971 bits per heavy atom. The van der Waals surface area contributed by atoms with Crippen molar-refractivity contribution in [1.29, 1.82) is 0 Å². The molecule has 1 aliphatic rings. The molecule has 1 saturated heterocycles. The van der Waals surface area contributed by atoms with Gasteiger partial charge in [-0.1, -0.05) is 12.5 Å². The van der Waals surface area contributed by atoms with E-state index >= 15 is 0 Å². The highest BCUT2D eigenvalue weighted by Gasteiger charge is 2.35. The van der Waals surface area contributed by atoms with Crippen molar-refractivity contribution in [1.82, 2.24) is 24.6 Å². The predicted octanol–water partition coefficient (Wildman–Crippen LogP) is 4.59. The maximum atomic E-state index is 13.6. The van der Waals surface area contributed by atoms with Gasteiger partial charge < -0.3 is 5.73 Å². The van der Waals surface area contributed by atoms with E-state index in [1.807, 2.05) is 12.3 Å². The molecule has 0 aliphatic carbocycles. The summed E-state index contributed by atoms with van der Waals surface area (Å²) in [5.74, 6) is -0.833. The fourth-order valence-electron chi connectivity index (χ4n) is 4.57. The Morgan fingerprint density at radius 3 is 2.51 bits per heavy atom. The molecule has 5 rings (SSSR count). The third kappa shape index (κ3) is 4.61. The second-order valence-corrected chi connectivity index (χ2v) is 8.67. The normalized spacial score (nSPS) is 14.9. The van der Waals surface area contributed by atoms with Crippen LogP contribution < -0.4 is 5.73 Å². The molecule has 0 radical (unpaired) electrons. The molecule has 1 aromatic carbocycles. The van der Waals surface area contributed by atoms with Gasteiger partial charge in [0.25, 0.3) is 5.91 Å². The lowest BCUT2D eigenvalue weighted by atomic mass is 10.0. The minimum atomic E-state index is -4.62. The number of likely N-dealkylation sites (tertiary alicyclic amines) is 1. The van der Waals surface area contributed by atoms with Crippen LogP contribution >= 0.6 is 0 Å². The molecule has 35 heavy (non-hydrogen) atoms. The lowest BCUT2D eigenvalue weighted by molar-refractivity contribution is -0.137. The third-order valence-electron chi connectivity index (χ3n) is 6.23. The Kier molecular flexibility index (Phi) is 5.98. The van der Waals surface area contributed by atoms with Crippen LogP contribution in [-0.2, 0) is 12.7 Å². The minimum Gasteiger partial charge on any atom is -0.364 e. The number of halogens is 3. The molecule has 180 valence electrons. The number of amides is 1. The number of primary amides is 1. The predicted molar refractivity (Wildman–Crippen MR) is 125 cm³/mol. The Morgan fingerprint density at radius 2 is 1.77 bits per heavy atom. The molecule has 4 heterocycles. The van der Waals surface area contributed by atoms with Gasteiger partial charge in [-0.05, 0) is 61.3 Å². The molecule has 0 unspecified atom stereocenters. The quantitative estimate of drug-likeness (QED) is 0.451. The number of carbonyl (C=O) groups excluding carboxylic acids is 1. The van der Waals surface area contributed by atoms with E-state index in [-0.39, 0.29) is 11.4 Å². The van der Waals surface area contributed by atoms with Crippen LogP contribution in [0.1, 0.15) is 40.9 Å². The minimum absolute atomic E-state index is 0.115. The molecule has 7 nitrogen and oxygen atoms in total. The number of fused-ring (bicyclic) bond motifs is 1. The second-order valence-electron chi connectivity index (χ2n) is 8.67. The van der Waals surface area contributed by atoms with E-state index < -0.39 is 17.6 Å². The van der Waals surface area contributed by atoms with E-state index in [9.17, 15) is 18.0 Å². The van der Waals surface area contributed by atoms with Crippen LogP contribution in [0.25, 0.3) is 27.7 Å². The number of hydrogen-bond acceptors (Lipinski definition) is 5. The van der Waals surface area contributed by atoms with Crippen LogP contribution in [0.4, 0.5) is 13.2 Å². The number of nitrogens with two attached hydrogens (primary N) is 1. The Balaban J connectivity index is 1.57. The number of rotatable bonds is 5. The summed E-state index contributed by atoms with van der Waals surface area (Å²) in [5, 5.41) is 4.50. The number of hydrogen-bond donors (Lipinski definition) is 1. The molecule has 0 saturated carbocycles. The summed E-state index contributed by atoms with van der Waals surface area (Å²) in [6.07, 6.45) is 4.71. The van der Waals surface area contributed by atoms with Gasteiger partial charge in [0.2, 0.25) is 0 Å². The first-order valence-corrected chi connectivity index (χ1v) is 11.3. The summed E-state index contributed by atoms with van der Waals surface area (Å²) >= 11 is 0. The molecule has 4 aromatic rings. The maximum absolute atomic E-state index is 13.6. The number of aromatic nitrogens is 4. The Labute approximate surface area is 199 Å². The van der Waals surface area contributed by atoms with Gasteiger partial charge in [0.1, 0.15) is 0 Å². The van der Waals surface area contributed by atoms with Gasteiger partial charge in [-0.2, -0.15) is 18.3 Å². The summed E-state index contributed by atoms with van der Waals surface area (Å²) in [4.78, 5) is 22.8. The van der Waals surface area contributed by atoms with E-state index in [0.717, 1.165) is 59.5 Å². The molecule has 2 N–H and O–H groups in total. The van der Waals surface area contributed by atoms with Crippen LogP contribution in [0.2, 0.25) is 0 Å². The molecule has 1 fully saturated rings. The number of alkyl halides is 3. The van der Waals surface area contributed by atoms with Crippen molar-refractivity contribution in [3.8, 4) is 16.8 Å². The largest absolute Gasteiger partial charge is 0.418 e. The first-order valence-electron chi connectivity index (χ1n) is 11.3. The number of pyridine rings is 2. The Hall–Kier alpha value is -3.79. The van der Waals surface area contributed by atoms with Gasteiger partial charge in [0, 0.05) is 36.1 Å². The zero-order valence-corrected chi connectivity index (χ0v) is 18.8. The third-order valence-corrected chi connectivity index (χ3v) is 6.23. The number of piperidine rings is 1. The van der Waals surface area contributed by atoms with Crippen molar-refractivity contribution in [3.05, 3.63) is 71.9 Å². The van der Waals surface area contributed by atoms with Gasteiger partial charge in [-0.3, -0.25) is 19.7 Å². The fourth-order valence-corrected chi connectivity index (χ4v) is 4.57. The van der Waals surface area contributed by atoms with Crippen molar-refractivity contribution >= 4 is 16.8 Å². The lowest BCUT2D eigenvalue weighted by Gasteiger charge is -2.26. The summed E-state index contributed by atoms with van der Waals surface area (Å²) in [5.41, 5.74) is 7.22. The van der Waals surface area contributed by atoms with Crippen LogP contribution in [0.5, 0.6) is 0 Å². The smallest absolute Gasteiger partial charge is 0.364 e. The van der Waals surface area contributed by atoms with Crippen molar-refractivity contribution in [3.63, 3.8) is 0 Å². The highest BCUT2D eigenvalue weighted by molar-refractivity contribution is 6.05. The molecule has 0 bridgehead atoms. The standard InChI is InChI=1S/C25H23F3N6O/c26-25(27,28)20-6-7-30-14-22(20)34-21-5-4-17(11-19(21)23(32-34)24(29)35)18-10-16(12-31-13-18)15-33-8-2-1-3-9-33/h4-7,10-14H,1-3,8-9,15H2,(H2,29,35). The molecule has 10 heteroatoms. The van der Waals surface area contributed by atoms with Crippen molar-refractivity contribution in [2.75, 3.05) is 13.1 Å². The summed E-state index contributed by atoms with van der Waals surface area (Å²) in [6, 6.07) is 8.04. The second kappa shape index (κ2) is 9.10. The highest BCUT2D eigenvalue weighted by atomic mass is 19.4. The van der Waals surface area contributed by atoms with Crippen molar-refractivity contribution < 1.29 is 18.0 Å². The summed E-state index contributed by atoms with van der Waals surface area (Å²) in [6.45, 7) is 2.92. The Bertz CT molecular complexity index is 1390. The monoisotopic (exact) mass is 480 g/mol. The molecule has 0 atom stereocenters. The van der Waals surface area contributed by atoms with Gasteiger partial charge >= 0.3 is 6.18 Å². The highest BCUT2D eigenvalue weighted by Crippen LogP contribution is 2.35. The topological polar surface area (TPSA) is 89.9 Å². The molecule has 1 aliphatic heterocycles. The van der Waals surface area contributed by atoms with Crippen molar-refractivity contribution in [2.24, 2.45) is 5.73 Å². The number of carbonyl (C=O) groups is 1. The van der Waals surface area contributed by atoms with Gasteiger partial charge in [0.05, 0.1) is 23.0 Å². The molecule has 0 spiro atoms. The maximum Gasteiger partial charge on any atom is 0.418 e. The zero-order valence-electron chi connectivity index (χ0n) is 18.8. The van der Waals surface area contributed by atoms with Crippen LogP contribution in [0.3, 0.4) is 0 Å². The fraction of sp³-hybridized carbons (Fsp3) is 0.280. The summed E-state index contributed by atoms with van der Waals surface area (Å²) in [7, 11) is 0. The number of benzene rings is 1. The van der Waals surface area contributed by atoms with Gasteiger partial charge in [0.15, 0.2) is 5.69 Å². The molecule has 1 amide bonds. The van der Waals surface area contributed by atoms with Crippen molar-refractivity contribution in [2.45, 2.75) is 32.0 Å². The molecule has 3 aromatic heterocycles. The van der Waals surface area contributed by atoms with E-state index in [1.54, 1.807) is 24.4 Å². The zero-order chi connectivity index (χ0) is 24.6. The van der Waals surface area contributed by atoms with E-state index in [0.29, 0.717) is 10.9 Å². The average Bonchev–Trinajstić information content (AvgIpc) is 3.23. The molecular formula is C25H23F3N6O. The average molecular weight is 480 g/mol. The van der Waals surface area contributed by atoms with E-state index in [1.165, 1.54) is 19.3 Å². The lowest BCUT2D eigenvalue weighted by Crippen LogP contribution is -2.29. The van der Waals surface area contributed by atoms with E-state index in [4.69, 9.17) is 5.73 Å². The molecular weight excluding hydrogens is 457 g/mol. The first kappa shape index (κ1) is 23.0. The van der Waals surface area contributed by atoms with Gasteiger partial charge in [-0.15, -0.1) is 0 Å². The SMILES string of the molecule is NC(=O)c1nn(-c2cnccc2C(F)(F)F)c2ccc(-c3cncc(CN4CCCCC4)c3)cc12. The summed E-state index contributed by atoms with van der Waals surface area (Å²) < 4.78 is 41.9. The van der Waals surface area contributed by atoms with E-state index in [2.05, 4.69) is 20.0 Å². The van der Waals surface area contributed by atoms with Crippen LogP contribution in [0, 0.1) is 0 Å². The van der Waals surface area contributed by atoms with Crippen LogP contribution in [0.15, 0.2) is 55.1 Å². The first-order chi connectivity index (χ1) is 16.8. The van der Waals surface area contributed by atoms with Gasteiger partial charge in [-0.25, -0.2) is 4.68 Å².